The summed E-state index contributed by atoms with van der Waals surface area (Å²) in [7, 11) is 1.58. The number of carbonyl (C=O) groups is 2. The van der Waals surface area contributed by atoms with Crippen LogP contribution in [0.2, 0.25) is 0 Å². The van der Waals surface area contributed by atoms with Gasteiger partial charge in [0.25, 0.3) is 5.91 Å². The van der Waals surface area contributed by atoms with Crippen molar-refractivity contribution < 1.29 is 9.59 Å². The molecular formula is C16H20N6O2S. The number of rotatable bonds is 5. The molecule has 2 N–H and O–H groups in total. The van der Waals surface area contributed by atoms with Gasteiger partial charge in [0.1, 0.15) is 17.8 Å². The molecule has 0 spiro atoms. The van der Waals surface area contributed by atoms with Crippen molar-refractivity contribution >= 4 is 34.1 Å². The highest BCUT2D eigenvalue weighted by atomic mass is 32.1. The van der Waals surface area contributed by atoms with Crippen LogP contribution in [0, 0.1) is 0 Å². The maximum Gasteiger partial charge on any atom is 0.276 e. The number of thiazole rings is 1. The summed E-state index contributed by atoms with van der Waals surface area (Å²) >= 11 is 1.28. The predicted octanol–water partition coefficient (Wildman–Crippen LogP) is 1.46. The van der Waals surface area contributed by atoms with Gasteiger partial charge in [0, 0.05) is 31.6 Å². The Morgan fingerprint density at radius 1 is 1.24 bits per heavy atom. The first-order valence-corrected chi connectivity index (χ1v) is 9.07. The van der Waals surface area contributed by atoms with E-state index in [2.05, 4.69) is 30.5 Å². The Morgan fingerprint density at radius 3 is 2.80 bits per heavy atom. The Hall–Kier alpha value is -2.55. The summed E-state index contributed by atoms with van der Waals surface area (Å²) in [6.07, 6.45) is 5.11. The summed E-state index contributed by atoms with van der Waals surface area (Å²) in [5.74, 6) is 0.325. The average Bonchev–Trinajstić information content (AvgIpc) is 3.09. The van der Waals surface area contributed by atoms with E-state index in [4.69, 9.17) is 0 Å². The van der Waals surface area contributed by atoms with Gasteiger partial charge in [0.2, 0.25) is 5.91 Å². The van der Waals surface area contributed by atoms with E-state index < -0.39 is 0 Å². The topological polar surface area (TPSA) is 100 Å². The van der Waals surface area contributed by atoms with Gasteiger partial charge in [-0.1, -0.05) is 0 Å². The summed E-state index contributed by atoms with van der Waals surface area (Å²) in [6, 6.07) is 1.71. The molecule has 0 radical (unpaired) electrons. The van der Waals surface area contributed by atoms with Crippen LogP contribution in [-0.2, 0) is 11.2 Å². The zero-order chi connectivity index (χ0) is 17.6. The fraction of sp³-hybridized carbons (Fsp3) is 0.438. The van der Waals surface area contributed by atoms with Gasteiger partial charge in [-0.3, -0.25) is 14.9 Å². The molecular weight excluding hydrogens is 340 g/mol. The predicted molar refractivity (Wildman–Crippen MR) is 95.9 cm³/mol. The summed E-state index contributed by atoms with van der Waals surface area (Å²) in [6.45, 7) is 1.90. The molecule has 1 aliphatic rings. The number of anilines is 2. The monoisotopic (exact) mass is 360 g/mol. The molecule has 1 saturated heterocycles. The number of amides is 2. The third kappa shape index (κ3) is 4.50. The molecule has 0 saturated carbocycles. The summed E-state index contributed by atoms with van der Waals surface area (Å²) in [5, 5.41) is 7.47. The molecule has 0 aliphatic carbocycles. The largest absolute Gasteiger partial charge is 0.359 e. The zero-order valence-electron chi connectivity index (χ0n) is 14.0. The van der Waals surface area contributed by atoms with Crippen LogP contribution in [0.25, 0.3) is 0 Å². The van der Waals surface area contributed by atoms with Crippen LogP contribution in [0.15, 0.2) is 17.8 Å². The highest BCUT2D eigenvalue weighted by Crippen LogP contribution is 2.19. The van der Waals surface area contributed by atoms with E-state index in [-0.39, 0.29) is 18.2 Å². The first kappa shape index (κ1) is 17.3. The number of likely N-dealkylation sites (N-methyl/N-ethyl adjacent to an activating group) is 1. The van der Waals surface area contributed by atoms with Crippen LogP contribution in [-0.4, -0.2) is 46.9 Å². The van der Waals surface area contributed by atoms with Gasteiger partial charge in [-0.2, -0.15) is 0 Å². The van der Waals surface area contributed by atoms with Crippen molar-refractivity contribution in [3.05, 3.63) is 29.2 Å². The van der Waals surface area contributed by atoms with E-state index in [0.717, 1.165) is 31.7 Å². The first-order valence-electron chi connectivity index (χ1n) is 8.19. The van der Waals surface area contributed by atoms with E-state index in [1.807, 2.05) is 0 Å². The van der Waals surface area contributed by atoms with Crippen molar-refractivity contribution in [2.24, 2.45) is 0 Å². The van der Waals surface area contributed by atoms with Crippen LogP contribution >= 0.6 is 11.3 Å². The fourth-order valence-electron chi connectivity index (χ4n) is 2.63. The van der Waals surface area contributed by atoms with Crippen molar-refractivity contribution in [3.63, 3.8) is 0 Å². The van der Waals surface area contributed by atoms with Gasteiger partial charge in [0.15, 0.2) is 5.13 Å². The molecule has 1 aliphatic heterocycles. The van der Waals surface area contributed by atoms with Gasteiger partial charge >= 0.3 is 0 Å². The van der Waals surface area contributed by atoms with Crippen molar-refractivity contribution in [1.29, 1.82) is 0 Å². The number of aromatic nitrogens is 3. The van der Waals surface area contributed by atoms with E-state index in [1.54, 1.807) is 18.5 Å². The number of piperidine rings is 1. The zero-order valence-corrected chi connectivity index (χ0v) is 14.8. The number of nitrogens with one attached hydrogen (secondary N) is 2. The fourth-order valence-corrected chi connectivity index (χ4v) is 3.33. The van der Waals surface area contributed by atoms with Crippen molar-refractivity contribution in [2.45, 2.75) is 25.7 Å². The van der Waals surface area contributed by atoms with E-state index in [1.165, 1.54) is 24.1 Å². The Labute approximate surface area is 149 Å². The molecule has 9 heteroatoms. The third-order valence-electron chi connectivity index (χ3n) is 3.96. The van der Waals surface area contributed by atoms with E-state index >= 15 is 0 Å². The maximum atomic E-state index is 12.4. The molecule has 0 bridgehead atoms. The van der Waals surface area contributed by atoms with Gasteiger partial charge < -0.3 is 10.2 Å². The minimum atomic E-state index is -0.332. The van der Waals surface area contributed by atoms with Crippen LogP contribution in [0.1, 0.15) is 35.4 Å². The molecule has 0 aromatic carbocycles. The first-order chi connectivity index (χ1) is 12.2. The summed E-state index contributed by atoms with van der Waals surface area (Å²) in [4.78, 5) is 38.5. The Balaban J connectivity index is 1.66. The number of carbonyl (C=O) groups excluding carboxylic acids is 2. The molecule has 25 heavy (non-hydrogen) atoms. The van der Waals surface area contributed by atoms with Gasteiger partial charge in [-0.25, -0.2) is 15.0 Å². The molecule has 0 unspecified atom stereocenters. The molecule has 2 aromatic heterocycles. The van der Waals surface area contributed by atoms with Crippen LogP contribution < -0.4 is 15.5 Å². The molecule has 132 valence electrons. The second-order valence-corrected chi connectivity index (χ2v) is 6.62. The molecule has 3 heterocycles. The average molecular weight is 360 g/mol. The molecule has 1 fully saturated rings. The highest BCUT2D eigenvalue weighted by Gasteiger charge is 2.16. The molecule has 3 rings (SSSR count). The van der Waals surface area contributed by atoms with E-state index in [0.29, 0.717) is 16.5 Å². The second kappa shape index (κ2) is 8.02. The molecule has 0 atom stereocenters. The van der Waals surface area contributed by atoms with Crippen LogP contribution in [0.5, 0.6) is 0 Å². The lowest BCUT2D eigenvalue weighted by atomic mass is 10.1. The lowest BCUT2D eigenvalue weighted by Gasteiger charge is -2.27. The summed E-state index contributed by atoms with van der Waals surface area (Å²) < 4.78 is 0. The van der Waals surface area contributed by atoms with Crippen LogP contribution in [0.3, 0.4) is 0 Å². The third-order valence-corrected chi connectivity index (χ3v) is 4.76. The second-order valence-electron chi connectivity index (χ2n) is 5.76. The van der Waals surface area contributed by atoms with Crippen LogP contribution in [0.4, 0.5) is 10.9 Å². The standard InChI is InChI=1S/C16H20N6O2S/c1-17-14(23)7-11-9-25-16(20-11)21-15(24)12-8-13(19-10-18-12)22-5-3-2-4-6-22/h8-10H,2-7H2,1H3,(H,17,23)(H,20,21,24). The Bertz CT molecular complexity index is 757. The normalized spacial score (nSPS) is 14.2. The lowest BCUT2D eigenvalue weighted by Crippen LogP contribution is -2.30. The van der Waals surface area contributed by atoms with Crippen molar-refractivity contribution in [3.8, 4) is 0 Å². The van der Waals surface area contributed by atoms with Crippen molar-refractivity contribution in [2.75, 3.05) is 30.4 Å². The Kier molecular flexibility index (Phi) is 5.54. The van der Waals surface area contributed by atoms with Gasteiger partial charge in [-0.15, -0.1) is 11.3 Å². The molecule has 2 aromatic rings. The number of hydrogen-bond donors (Lipinski definition) is 2. The molecule has 8 nitrogen and oxygen atoms in total. The lowest BCUT2D eigenvalue weighted by molar-refractivity contribution is -0.120. The van der Waals surface area contributed by atoms with Crippen molar-refractivity contribution in [1.82, 2.24) is 20.3 Å². The van der Waals surface area contributed by atoms with E-state index in [9.17, 15) is 9.59 Å². The number of nitrogens with zero attached hydrogens (tertiary/aromatic N) is 4. The van der Waals surface area contributed by atoms with Gasteiger partial charge in [0.05, 0.1) is 12.1 Å². The quantitative estimate of drug-likeness (QED) is 0.837. The smallest absolute Gasteiger partial charge is 0.276 e. The van der Waals surface area contributed by atoms with Gasteiger partial charge in [-0.05, 0) is 19.3 Å². The maximum absolute atomic E-state index is 12.4. The number of hydrogen-bond acceptors (Lipinski definition) is 7. The summed E-state index contributed by atoms with van der Waals surface area (Å²) in [5.41, 5.74) is 0.926. The molecule has 2 amide bonds. The SMILES string of the molecule is CNC(=O)Cc1csc(NC(=O)c2cc(N3CCCCC3)ncn2)n1. The highest BCUT2D eigenvalue weighted by molar-refractivity contribution is 7.14. The Morgan fingerprint density at radius 2 is 2.04 bits per heavy atom. The minimum Gasteiger partial charge on any atom is -0.359 e. The minimum absolute atomic E-state index is 0.120.